The van der Waals surface area contributed by atoms with E-state index in [0.717, 1.165) is 30.9 Å². The van der Waals surface area contributed by atoms with Crippen LogP contribution in [0.5, 0.6) is 0 Å². The molecule has 7 heteroatoms. The molecule has 1 aliphatic carbocycles. The van der Waals surface area contributed by atoms with E-state index in [4.69, 9.17) is 9.85 Å². The molecule has 3 N–H and O–H groups in total. The number of hydrogen-bond acceptors (Lipinski definition) is 3. The van der Waals surface area contributed by atoms with Gasteiger partial charge in [-0.3, -0.25) is 9.59 Å². The molecule has 0 aromatic heterocycles. The molecule has 0 bridgehead atoms. The lowest BCUT2D eigenvalue weighted by Crippen LogP contribution is -2.38. The predicted octanol–water partition coefficient (Wildman–Crippen LogP) is 5.21. The standard InChI is InChI=1S/C26H42N2O3Si2/c1-21-11-9-16-26(19-21,25(27)30)17-10-12-22(2)32(31-33(3,4)5)18-15-24(29)28-20-23-13-7-6-8-14-23/h6-9,11,13-14,16,22,32H,10,12,15,17-20H2,1-5H3,(H2,27,30)(H,28,29). The van der Waals surface area contributed by atoms with Crippen LogP contribution in [-0.4, -0.2) is 29.2 Å². The Hall–Kier alpha value is -1.97. The number of allylic oxidation sites excluding steroid dienone is 3. The van der Waals surface area contributed by atoms with Crippen molar-refractivity contribution in [1.82, 2.24) is 5.32 Å². The van der Waals surface area contributed by atoms with Crippen LogP contribution in [-0.2, 0) is 20.2 Å². The van der Waals surface area contributed by atoms with E-state index in [-0.39, 0.29) is 11.8 Å². The number of nitrogens with one attached hydrogen (secondary N) is 1. The molecule has 3 atom stereocenters. The minimum atomic E-state index is -1.70. The van der Waals surface area contributed by atoms with Crippen LogP contribution in [0.1, 0.15) is 51.5 Å². The van der Waals surface area contributed by atoms with Crippen molar-refractivity contribution in [3.05, 3.63) is 59.7 Å². The third kappa shape index (κ3) is 9.43. The van der Waals surface area contributed by atoms with Crippen LogP contribution in [0.4, 0.5) is 0 Å². The molecule has 2 rings (SSSR count). The number of rotatable bonds is 13. The fourth-order valence-electron chi connectivity index (χ4n) is 4.47. The van der Waals surface area contributed by atoms with Crippen molar-refractivity contribution in [2.24, 2.45) is 11.1 Å². The molecular weight excluding hydrogens is 444 g/mol. The lowest BCUT2D eigenvalue weighted by Gasteiger charge is -2.32. The van der Waals surface area contributed by atoms with Gasteiger partial charge in [0.2, 0.25) is 11.8 Å². The van der Waals surface area contributed by atoms with Crippen molar-refractivity contribution in [3.63, 3.8) is 0 Å². The minimum Gasteiger partial charge on any atom is -0.458 e. The molecule has 3 unspecified atom stereocenters. The van der Waals surface area contributed by atoms with Crippen molar-refractivity contribution in [3.8, 4) is 0 Å². The Bertz CT molecular complexity index is 849. The van der Waals surface area contributed by atoms with E-state index in [1.807, 2.05) is 42.5 Å². The zero-order valence-electron chi connectivity index (χ0n) is 21.0. The first-order chi connectivity index (χ1) is 15.5. The molecule has 0 saturated heterocycles. The Balaban J connectivity index is 1.89. The number of hydrogen-bond donors (Lipinski definition) is 2. The summed E-state index contributed by atoms with van der Waals surface area (Å²) >= 11 is 0. The zero-order valence-corrected chi connectivity index (χ0v) is 23.2. The van der Waals surface area contributed by atoms with Crippen LogP contribution in [0.3, 0.4) is 0 Å². The van der Waals surface area contributed by atoms with Crippen molar-refractivity contribution in [2.75, 3.05) is 0 Å². The molecule has 0 radical (unpaired) electrons. The first-order valence-electron chi connectivity index (χ1n) is 12.1. The van der Waals surface area contributed by atoms with E-state index in [9.17, 15) is 9.59 Å². The van der Waals surface area contributed by atoms with E-state index < -0.39 is 22.8 Å². The summed E-state index contributed by atoms with van der Waals surface area (Å²) < 4.78 is 6.63. The Morgan fingerprint density at radius 1 is 1.24 bits per heavy atom. The summed E-state index contributed by atoms with van der Waals surface area (Å²) in [5.74, 6) is -0.147. The SMILES string of the molecule is CC1=CC=CC(CCCC(C)[SiH](CCC(=O)NCc2ccccc2)O[Si](C)(C)C)(C(N)=O)C1. The van der Waals surface area contributed by atoms with Gasteiger partial charge in [0.25, 0.3) is 0 Å². The van der Waals surface area contributed by atoms with E-state index in [2.05, 4.69) is 44.9 Å². The lowest BCUT2D eigenvalue weighted by atomic mass is 9.74. The van der Waals surface area contributed by atoms with Crippen LogP contribution in [0.2, 0.25) is 31.2 Å². The fraction of sp³-hybridized carbons (Fsp3) is 0.538. The van der Waals surface area contributed by atoms with Gasteiger partial charge in [-0.25, -0.2) is 0 Å². The number of primary amides is 1. The average molecular weight is 487 g/mol. The second-order valence-corrected chi connectivity index (χ2v) is 18.5. The Labute approximate surface area is 202 Å². The number of carbonyl (C=O) groups is 2. The highest BCUT2D eigenvalue weighted by molar-refractivity contribution is 6.77. The quantitative estimate of drug-likeness (QED) is 0.376. The second kappa shape index (κ2) is 12.5. The zero-order chi connectivity index (χ0) is 24.5. The molecule has 1 aromatic rings. The maximum atomic E-state index is 12.5. The van der Waals surface area contributed by atoms with E-state index in [1.54, 1.807) is 0 Å². The second-order valence-electron chi connectivity index (χ2n) is 10.5. The number of carbonyl (C=O) groups excluding carboxylic acids is 2. The van der Waals surface area contributed by atoms with E-state index >= 15 is 0 Å². The molecule has 5 nitrogen and oxygen atoms in total. The highest BCUT2D eigenvalue weighted by Gasteiger charge is 2.35. The molecule has 0 saturated carbocycles. The van der Waals surface area contributed by atoms with Crippen LogP contribution < -0.4 is 11.1 Å². The van der Waals surface area contributed by atoms with E-state index in [1.165, 1.54) is 5.57 Å². The van der Waals surface area contributed by atoms with Crippen LogP contribution in [0, 0.1) is 5.41 Å². The third-order valence-electron chi connectivity index (χ3n) is 6.29. The average Bonchev–Trinajstić information content (AvgIpc) is 2.75. The van der Waals surface area contributed by atoms with Gasteiger partial charge in [0.15, 0.2) is 17.4 Å². The first-order valence-corrected chi connectivity index (χ1v) is 17.5. The summed E-state index contributed by atoms with van der Waals surface area (Å²) in [7, 11) is -3.29. The normalized spacial score (nSPS) is 20.1. The highest BCUT2D eigenvalue weighted by atomic mass is 28.4. The van der Waals surface area contributed by atoms with Gasteiger partial charge in [-0.1, -0.05) is 73.9 Å². The van der Waals surface area contributed by atoms with Gasteiger partial charge in [-0.15, -0.1) is 0 Å². The third-order valence-corrected chi connectivity index (χ3v) is 12.8. The molecule has 182 valence electrons. The summed E-state index contributed by atoms with van der Waals surface area (Å²) in [5, 5.41) is 3.04. The minimum absolute atomic E-state index is 0.0880. The van der Waals surface area contributed by atoms with E-state index in [0.29, 0.717) is 24.9 Å². The van der Waals surface area contributed by atoms with Crippen LogP contribution >= 0.6 is 0 Å². The summed E-state index contributed by atoms with van der Waals surface area (Å²) in [6.45, 7) is 11.5. The molecule has 2 amide bonds. The van der Waals surface area contributed by atoms with Gasteiger partial charge >= 0.3 is 0 Å². The molecule has 0 spiro atoms. The fourth-order valence-corrected chi connectivity index (χ4v) is 11.2. The molecule has 0 fully saturated rings. The monoisotopic (exact) mass is 486 g/mol. The summed E-state index contributed by atoms with van der Waals surface area (Å²) in [4.78, 5) is 24.7. The molecule has 33 heavy (non-hydrogen) atoms. The van der Waals surface area contributed by atoms with Crippen LogP contribution in [0.25, 0.3) is 0 Å². The van der Waals surface area contributed by atoms with Crippen molar-refractivity contribution < 1.29 is 13.7 Å². The van der Waals surface area contributed by atoms with Gasteiger partial charge in [-0.2, -0.15) is 0 Å². The van der Waals surface area contributed by atoms with Gasteiger partial charge in [0, 0.05) is 13.0 Å². The number of amides is 2. The summed E-state index contributed by atoms with van der Waals surface area (Å²) in [6, 6.07) is 10.8. The van der Waals surface area contributed by atoms with Crippen molar-refractivity contribution in [1.29, 1.82) is 0 Å². The Kier molecular flexibility index (Phi) is 10.3. The summed E-state index contributed by atoms with van der Waals surface area (Å²) in [6.07, 6.45) is 9.92. The van der Waals surface area contributed by atoms with Gasteiger partial charge in [-0.05, 0) is 56.6 Å². The number of nitrogens with two attached hydrogens (primary N) is 1. The molecule has 1 aliphatic rings. The smallest absolute Gasteiger partial charge is 0.227 e. The van der Waals surface area contributed by atoms with Crippen molar-refractivity contribution in [2.45, 2.75) is 83.7 Å². The van der Waals surface area contributed by atoms with Gasteiger partial charge in [0.1, 0.15) is 0 Å². The van der Waals surface area contributed by atoms with Gasteiger partial charge in [0.05, 0.1) is 5.41 Å². The molecule has 1 aromatic carbocycles. The summed E-state index contributed by atoms with van der Waals surface area (Å²) in [5.41, 5.74) is 7.98. The maximum absolute atomic E-state index is 12.5. The number of benzene rings is 1. The van der Waals surface area contributed by atoms with Crippen LogP contribution in [0.15, 0.2) is 54.1 Å². The predicted molar refractivity (Wildman–Crippen MR) is 142 cm³/mol. The maximum Gasteiger partial charge on any atom is 0.227 e. The Morgan fingerprint density at radius 3 is 2.55 bits per heavy atom. The Morgan fingerprint density at radius 2 is 1.94 bits per heavy atom. The lowest BCUT2D eigenvalue weighted by molar-refractivity contribution is -0.125. The molecule has 0 heterocycles. The first kappa shape index (κ1) is 27.3. The van der Waals surface area contributed by atoms with Crippen molar-refractivity contribution >= 4 is 29.2 Å². The topological polar surface area (TPSA) is 81.4 Å². The molecule has 0 aliphatic heterocycles. The highest BCUT2D eigenvalue weighted by Crippen LogP contribution is 2.37. The van der Waals surface area contributed by atoms with Gasteiger partial charge < -0.3 is 15.2 Å². The molecular formula is C26H42N2O3Si2. The largest absolute Gasteiger partial charge is 0.458 e.